The van der Waals surface area contributed by atoms with Gasteiger partial charge in [0.2, 0.25) is 5.91 Å². The third kappa shape index (κ3) is 4.25. The molecule has 6 heteroatoms. The first-order chi connectivity index (χ1) is 12.6. The van der Waals surface area contributed by atoms with Crippen LogP contribution in [0.3, 0.4) is 0 Å². The number of carbonyl (C=O) groups is 1. The normalized spacial score (nSPS) is 14.1. The maximum absolute atomic E-state index is 12.6. The average Bonchev–Trinajstić information content (AvgIpc) is 3.11. The van der Waals surface area contributed by atoms with Gasteiger partial charge in [-0.2, -0.15) is 0 Å². The van der Waals surface area contributed by atoms with Gasteiger partial charge in [0.15, 0.2) is 5.96 Å². The molecule has 0 spiro atoms. The highest BCUT2D eigenvalue weighted by atomic mass is 32.1. The summed E-state index contributed by atoms with van der Waals surface area (Å²) in [6, 6.07) is 10.4. The number of aliphatic imine (C=N–C) groups is 1. The van der Waals surface area contributed by atoms with Gasteiger partial charge in [-0.15, -0.1) is 11.3 Å². The average molecular weight is 371 g/mol. The largest absolute Gasteiger partial charge is 0.347 e. The van der Waals surface area contributed by atoms with Crippen molar-refractivity contribution in [2.75, 3.05) is 27.2 Å². The molecule has 2 heterocycles. The molecule has 1 amide bonds. The van der Waals surface area contributed by atoms with Gasteiger partial charge in [0.05, 0.1) is 6.54 Å². The highest BCUT2D eigenvalue weighted by Crippen LogP contribution is 2.23. The number of guanidine groups is 1. The highest BCUT2D eigenvalue weighted by molar-refractivity contribution is 7.10. The van der Waals surface area contributed by atoms with Crippen molar-refractivity contribution in [3.05, 3.63) is 57.3 Å². The van der Waals surface area contributed by atoms with E-state index in [1.165, 1.54) is 21.6 Å². The van der Waals surface area contributed by atoms with Crippen molar-refractivity contribution in [3.63, 3.8) is 0 Å². The van der Waals surface area contributed by atoms with E-state index in [1.807, 2.05) is 29.0 Å². The number of nitrogens with one attached hydrogen (secondary N) is 1. The summed E-state index contributed by atoms with van der Waals surface area (Å²) in [6.07, 6.45) is 0.959. The van der Waals surface area contributed by atoms with Crippen LogP contribution in [0.15, 0.2) is 40.7 Å². The van der Waals surface area contributed by atoms with E-state index < -0.39 is 0 Å². The molecule has 26 heavy (non-hydrogen) atoms. The first-order valence-electron chi connectivity index (χ1n) is 8.88. The van der Waals surface area contributed by atoms with E-state index >= 15 is 0 Å². The minimum absolute atomic E-state index is 0.118. The lowest BCUT2D eigenvalue weighted by molar-refractivity contribution is -0.130. The second-order valence-electron chi connectivity index (χ2n) is 6.62. The fourth-order valence-electron chi connectivity index (χ4n) is 3.23. The summed E-state index contributed by atoms with van der Waals surface area (Å²) in [5.41, 5.74) is 3.80. The fraction of sp³-hybridized carbons (Fsp3) is 0.400. The molecule has 5 nitrogen and oxygen atoms in total. The van der Waals surface area contributed by atoms with Crippen molar-refractivity contribution >= 4 is 23.2 Å². The van der Waals surface area contributed by atoms with Crippen LogP contribution < -0.4 is 5.32 Å². The zero-order chi connectivity index (χ0) is 18.5. The maximum Gasteiger partial charge on any atom is 0.242 e. The van der Waals surface area contributed by atoms with Gasteiger partial charge in [0.1, 0.15) is 0 Å². The predicted molar refractivity (Wildman–Crippen MR) is 107 cm³/mol. The standard InChI is InChI=1S/C20H26N4OS/c1-15-6-4-5-7-16(15)13-23(3)20(21-2)22-12-19(25)24-10-8-18-17(14-24)9-11-26-18/h4-7,9,11H,8,10,12-14H2,1-3H3,(H,21,22). The highest BCUT2D eigenvalue weighted by Gasteiger charge is 2.21. The third-order valence-corrected chi connectivity index (χ3v) is 5.82. The van der Waals surface area contributed by atoms with E-state index in [2.05, 4.69) is 40.8 Å². The molecule has 3 rings (SSSR count). The number of hydrogen-bond acceptors (Lipinski definition) is 3. The van der Waals surface area contributed by atoms with E-state index in [-0.39, 0.29) is 12.5 Å². The molecule has 1 aliphatic rings. The molecule has 0 aliphatic carbocycles. The van der Waals surface area contributed by atoms with Crippen LogP contribution in [0.2, 0.25) is 0 Å². The molecule has 2 aromatic rings. The Morgan fingerprint density at radius 2 is 2.15 bits per heavy atom. The summed E-state index contributed by atoms with van der Waals surface area (Å²) in [5.74, 6) is 0.849. The van der Waals surface area contributed by atoms with E-state index in [0.717, 1.165) is 32.0 Å². The predicted octanol–water partition coefficient (Wildman–Crippen LogP) is 2.65. The Hall–Kier alpha value is -2.34. The van der Waals surface area contributed by atoms with Gasteiger partial charge in [0.25, 0.3) is 0 Å². The van der Waals surface area contributed by atoms with Crippen molar-refractivity contribution in [3.8, 4) is 0 Å². The second kappa shape index (κ2) is 8.36. The smallest absolute Gasteiger partial charge is 0.242 e. The van der Waals surface area contributed by atoms with Crippen LogP contribution in [0.4, 0.5) is 0 Å². The van der Waals surface area contributed by atoms with Crippen LogP contribution in [0.1, 0.15) is 21.6 Å². The summed E-state index contributed by atoms with van der Waals surface area (Å²) in [6.45, 7) is 4.65. The molecule has 0 bridgehead atoms. The molecule has 0 radical (unpaired) electrons. The number of thiophene rings is 1. The lowest BCUT2D eigenvalue weighted by atomic mass is 10.1. The molecule has 1 aromatic carbocycles. The Labute approximate surface area is 159 Å². The van der Waals surface area contributed by atoms with Crippen LogP contribution in [-0.4, -0.2) is 48.9 Å². The number of aryl methyl sites for hydroxylation is 1. The summed E-state index contributed by atoms with van der Waals surface area (Å²) < 4.78 is 0. The molecule has 0 unspecified atom stereocenters. The first-order valence-corrected chi connectivity index (χ1v) is 9.75. The number of carbonyl (C=O) groups excluding carboxylic acids is 1. The fourth-order valence-corrected chi connectivity index (χ4v) is 4.12. The van der Waals surface area contributed by atoms with E-state index in [9.17, 15) is 4.79 Å². The van der Waals surface area contributed by atoms with Crippen LogP contribution in [0.25, 0.3) is 0 Å². The van der Waals surface area contributed by atoms with Gasteiger partial charge in [0, 0.05) is 38.6 Å². The van der Waals surface area contributed by atoms with Crippen molar-refractivity contribution in [2.45, 2.75) is 26.4 Å². The maximum atomic E-state index is 12.6. The van der Waals surface area contributed by atoms with Crippen LogP contribution in [-0.2, 0) is 24.3 Å². The quantitative estimate of drug-likeness (QED) is 0.665. The monoisotopic (exact) mass is 370 g/mol. The molecule has 0 saturated carbocycles. The summed E-state index contributed by atoms with van der Waals surface area (Å²) >= 11 is 1.79. The van der Waals surface area contributed by atoms with E-state index in [1.54, 1.807) is 18.4 Å². The third-order valence-electron chi connectivity index (χ3n) is 4.80. The summed E-state index contributed by atoms with van der Waals surface area (Å²) in [4.78, 5) is 22.3. The Kier molecular flexibility index (Phi) is 5.93. The molecule has 1 N–H and O–H groups in total. The minimum atomic E-state index is 0.118. The molecular weight excluding hydrogens is 344 g/mol. The minimum Gasteiger partial charge on any atom is -0.347 e. The van der Waals surface area contributed by atoms with E-state index in [4.69, 9.17) is 0 Å². The first kappa shape index (κ1) is 18.5. The van der Waals surface area contributed by atoms with Crippen molar-refractivity contribution in [1.29, 1.82) is 0 Å². The number of benzene rings is 1. The Balaban J connectivity index is 1.54. The van der Waals surface area contributed by atoms with Crippen LogP contribution in [0, 0.1) is 6.92 Å². The molecule has 0 atom stereocenters. The Bertz CT molecular complexity index is 799. The topological polar surface area (TPSA) is 47.9 Å². The molecule has 1 aromatic heterocycles. The van der Waals surface area contributed by atoms with Crippen molar-refractivity contribution in [2.24, 2.45) is 4.99 Å². The van der Waals surface area contributed by atoms with Crippen molar-refractivity contribution < 1.29 is 4.79 Å². The van der Waals surface area contributed by atoms with Gasteiger partial charge in [-0.05, 0) is 41.5 Å². The summed E-state index contributed by atoms with van der Waals surface area (Å²) in [7, 11) is 3.74. The number of amides is 1. The van der Waals surface area contributed by atoms with Crippen LogP contribution >= 0.6 is 11.3 Å². The zero-order valence-electron chi connectivity index (χ0n) is 15.7. The van der Waals surface area contributed by atoms with Crippen molar-refractivity contribution in [1.82, 2.24) is 15.1 Å². The number of rotatable bonds is 4. The molecule has 0 saturated heterocycles. The SMILES string of the molecule is CN=C(NCC(=O)N1CCc2sccc2C1)N(C)Cc1ccccc1C. The van der Waals surface area contributed by atoms with Gasteiger partial charge in [-0.1, -0.05) is 24.3 Å². The van der Waals surface area contributed by atoms with Crippen LogP contribution in [0.5, 0.6) is 0 Å². The lowest BCUT2D eigenvalue weighted by Gasteiger charge is -2.28. The lowest BCUT2D eigenvalue weighted by Crippen LogP contribution is -2.46. The Morgan fingerprint density at radius 3 is 2.92 bits per heavy atom. The zero-order valence-corrected chi connectivity index (χ0v) is 16.5. The number of nitrogens with zero attached hydrogens (tertiary/aromatic N) is 3. The van der Waals surface area contributed by atoms with Gasteiger partial charge < -0.3 is 15.1 Å². The second-order valence-corrected chi connectivity index (χ2v) is 7.62. The molecule has 1 aliphatic heterocycles. The Morgan fingerprint density at radius 1 is 1.35 bits per heavy atom. The van der Waals surface area contributed by atoms with Gasteiger partial charge >= 0.3 is 0 Å². The molecule has 138 valence electrons. The summed E-state index contributed by atoms with van der Waals surface area (Å²) in [5, 5.41) is 5.32. The van der Waals surface area contributed by atoms with Gasteiger partial charge in [-0.25, -0.2) is 0 Å². The van der Waals surface area contributed by atoms with Gasteiger partial charge in [-0.3, -0.25) is 9.79 Å². The number of hydrogen-bond donors (Lipinski definition) is 1. The van der Waals surface area contributed by atoms with E-state index in [0.29, 0.717) is 0 Å². The molecular formula is C20H26N4OS. The number of fused-ring (bicyclic) bond motifs is 1. The molecule has 0 fully saturated rings.